The summed E-state index contributed by atoms with van der Waals surface area (Å²) in [4.78, 5) is 2.66. The highest BCUT2D eigenvalue weighted by Gasteiger charge is 2.41. The zero-order chi connectivity index (χ0) is 22.0. The maximum absolute atomic E-state index is 13.6. The Balaban J connectivity index is 1.45. The molecule has 5 nitrogen and oxygen atoms in total. The van der Waals surface area contributed by atoms with Gasteiger partial charge in [0.15, 0.2) is 0 Å². The molecule has 2 fully saturated rings. The minimum Gasteiger partial charge on any atom is -0.300 e. The lowest BCUT2D eigenvalue weighted by Crippen LogP contribution is -2.56. The van der Waals surface area contributed by atoms with Gasteiger partial charge < -0.3 is 4.90 Å². The zero-order valence-corrected chi connectivity index (χ0v) is 20.5. The fourth-order valence-corrected chi connectivity index (χ4v) is 7.84. The van der Waals surface area contributed by atoms with Crippen LogP contribution in [0.2, 0.25) is 0 Å². The van der Waals surface area contributed by atoms with Gasteiger partial charge in [0.25, 0.3) is 0 Å². The van der Waals surface area contributed by atoms with Crippen LogP contribution >= 0.6 is 0 Å². The second-order valence-corrected chi connectivity index (χ2v) is 12.0. The Morgan fingerprint density at radius 1 is 0.968 bits per heavy atom. The molecule has 0 N–H and O–H groups in total. The summed E-state index contributed by atoms with van der Waals surface area (Å²) in [5, 5.41) is 0. The highest BCUT2D eigenvalue weighted by atomic mass is 32.2. The Hall–Kier alpha value is -1.11. The SMILES string of the molecule is CCCCN1Cc2ccccc2N(C2CCN(C3CCC(C(C)C)CC3)CC2)S1(=O)=O. The lowest BCUT2D eigenvalue weighted by molar-refractivity contribution is 0.0991. The third-order valence-corrected chi connectivity index (χ3v) is 9.90. The third kappa shape index (κ3) is 4.81. The number of piperidine rings is 1. The molecule has 1 aromatic carbocycles. The van der Waals surface area contributed by atoms with Gasteiger partial charge in [-0.05, 0) is 68.4 Å². The van der Waals surface area contributed by atoms with Gasteiger partial charge in [-0.3, -0.25) is 4.31 Å². The third-order valence-electron chi connectivity index (χ3n) is 7.94. The van der Waals surface area contributed by atoms with E-state index in [1.807, 2.05) is 18.2 Å². The van der Waals surface area contributed by atoms with E-state index < -0.39 is 10.2 Å². The van der Waals surface area contributed by atoms with Crippen molar-refractivity contribution < 1.29 is 8.42 Å². The van der Waals surface area contributed by atoms with E-state index in [0.717, 1.165) is 61.9 Å². The van der Waals surface area contributed by atoms with Crippen molar-refractivity contribution in [1.29, 1.82) is 0 Å². The average molecular weight is 448 g/mol. The molecule has 2 heterocycles. The number of hydrogen-bond acceptors (Lipinski definition) is 3. The van der Waals surface area contributed by atoms with Crippen molar-refractivity contribution in [2.24, 2.45) is 11.8 Å². The zero-order valence-electron chi connectivity index (χ0n) is 19.7. The highest BCUT2D eigenvalue weighted by molar-refractivity contribution is 7.90. The van der Waals surface area contributed by atoms with E-state index in [9.17, 15) is 8.42 Å². The number of hydrogen-bond donors (Lipinski definition) is 0. The van der Waals surface area contributed by atoms with E-state index in [4.69, 9.17) is 0 Å². The monoisotopic (exact) mass is 447 g/mol. The molecule has 3 aliphatic rings. The number of anilines is 1. The van der Waals surface area contributed by atoms with Crippen molar-refractivity contribution in [3.05, 3.63) is 29.8 Å². The van der Waals surface area contributed by atoms with E-state index in [-0.39, 0.29) is 6.04 Å². The van der Waals surface area contributed by atoms with Gasteiger partial charge in [0, 0.05) is 38.3 Å². The number of fused-ring (bicyclic) bond motifs is 1. The minimum absolute atomic E-state index is 0.0684. The van der Waals surface area contributed by atoms with Crippen LogP contribution in [0.5, 0.6) is 0 Å². The van der Waals surface area contributed by atoms with E-state index in [0.29, 0.717) is 19.1 Å². The summed E-state index contributed by atoms with van der Waals surface area (Å²) in [7, 11) is -3.46. The Morgan fingerprint density at radius 2 is 1.65 bits per heavy atom. The molecule has 0 atom stereocenters. The van der Waals surface area contributed by atoms with Gasteiger partial charge >= 0.3 is 10.2 Å². The van der Waals surface area contributed by atoms with Crippen LogP contribution in [-0.4, -0.2) is 49.3 Å². The van der Waals surface area contributed by atoms with Crippen LogP contribution in [0.3, 0.4) is 0 Å². The van der Waals surface area contributed by atoms with Gasteiger partial charge in [0.1, 0.15) is 0 Å². The minimum atomic E-state index is -3.46. The second kappa shape index (κ2) is 9.80. The molecule has 31 heavy (non-hydrogen) atoms. The molecule has 1 aromatic rings. The van der Waals surface area contributed by atoms with Crippen molar-refractivity contribution in [1.82, 2.24) is 9.21 Å². The summed E-state index contributed by atoms with van der Waals surface area (Å²) in [5.41, 5.74) is 2.05. The van der Waals surface area contributed by atoms with Crippen LogP contribution in [0.4, 0.5) is 5.69 Å². The van der Waals surface area contributed by atoms with Gasteiger partial charge in [0.2, 0.25) is 0 Å². The van der Waals surface area contributed by atoms with Crippen LogP contribution in [0.15, 0.2) is 24.3 Å². The molecule has 1 saturated heterocycles. The van der Waals surface area contributed by atoms with E-state index in [1.165, 1.54) is 25.7 Å². The second-order valence-electron chi connectivity index (χ2n) is 10.2. The summed E-state index contributed by atoms with van der Waals surface area (Å²) in [5.74, 6) is 1.68. The number of unbranched alkanes of at least 4 members (excludes halogenated alkanes) is 1. The van der Waals surface area contributed by atoms with Gasteiger partial charge in [-0.15, -0.1) is 0 Å². The average Bonchev–Trinajstić information content (AvgIpc) is 2.77. The first-order valence-electron chi connectivity index (χ1n) is 12.5. The number of benzene rings is 1. The van der Waals surface area contributed by atoms with Crippen LogP contribution in [-0.2, 0) is 16.8 Å². The van der Waals surface area contributed by atoms with Crippen molar-refractivity contribution in [3.63, 3.8) is 0 Å². The Bertz CT molecular complexity index is 825. The van der Waals surface area contributed by atoms with E-state index in [1.54, 1.807) is 8.61 Å². The quantitative estimate of drug-likeness (QED) is 0.614. The van der Waals surface area contributed by atoms with Gasteiger partial charge in [-0.1, -0.05) is 45.4 Å². The standard InChI is InChI=1S/C25H41N3O2S/c1-4-5-16-27-19-22-8-6-7-9-25(22)28(31(27,29)30)24-14-17-26(18-15-24)23-12-10-21(11-13-23)20(2)3/h6-9,20-21,23-24H,4-5,10-19H2,1-3H3. The van der Waals surface area contributed by atoms with Crippen LogP contribution in [0.25, 0.3) is 0 Å². The van der Waals surface area contributed by atoms with Crippen molar-refractivity contribution in [3.8, 4) is 0 Å². The normalized spacial score (nSPS) is 28.1. The Labute approximate surface area is 190 Å². The number of likely N-dealkylation sites (tertiary alicyclic amines) is 1. The van der Waals surface area contributed by atoms with Crippen LogP contribution in [0.1, 0.15) is 77.7 Å². The van der Waals surface area contributed by atoms with Crippen molar-refractivity contribution in [2.75, 3.05) is 23.9 Å². The number of nitrogens with zero attached hydrogens (tertiary/aromatic N) is 3. The molecule has 0 amide bonds. The largest absolute Gasteiger partial charge is 0.304 e. The lowest BCUT2D eigenvalue weighted by Gasteiger charge is -2.46. The van der Waals surface area contributed by atoms with Crippen LogP contribution < -0.4 is 4.31 Å². The first-order chi connectivity index (χ1) is 14.9. The molecular formula is C25H41N3O2S. The fourth-order valence-electron chi connectivity index (χ4n) is 5.91. The first-order valence-corrected chi connectivity index (χ1v) is 13.9. The van der Waals surface area contributed by atoms with E-state index >= 15 is 0 Å². The lowest BCUT2D eigenvalue weighted by atomic mass is 9.79. The Kier molecular flexibility index (Phi) is 7.29. The van der Waals surface area contributed by atoms with Crippen molar-refractivity contribution >= 4 is 15.9 Å². The molecule has 1 saturated carbocycles. The topological polar surface area (TPSA) is 43.9 Å². The molecule has 174 valence electrons. The van der Waals surface area contributed by atoms with Gasteiger partial charge in [-0.2, -0.15) is 12.7 Å². The number of rotatable bonds is 6. The Morgan fingerprint density at radius 3 is 2.29 bits per heavy atom. The molecular weight excluding hydrogens is 406 g/mol. The maximum Gasteiger partial charge on any atom is 0.304 e. The molecule has 0 bridgehead atoms. The summed E-state index contributed by atoms with van der Waals surface area (Å²) < 4.78 is 30.7. The highest BCUT2D eigenvalue weighted by Crippen LogP contribution is 2.38. The summed E-state index contributed by atoms with van der Waals surface area (Å²) in [6, 6.07) is 8.87. The molecule has 1 aliphatic carbocycles. The van der Waals surface area contributed by atoms with E-state index in [2.05, 4.69) is 31.7 Å². The van der Waals surface area contributed by atoms with Gasteiger partial charge in [-0.25, -0.2) is 0 Å². The summed E-state index contributed by atoms with van der Waals surface area (Å²) >= 11 is 0. The molecule has 0 aromatic heterocycles. The molecule has 0 spiro atoms. The summed E-state index contributed by atoms with van der Waals surface area (Å²) in [6.07, 6.45) is 9.09. The molecule has 0 unspecified atom stereocenters. The number of para-hydroxylation sites is 1. The smallest absolute Gasteiger partial charge is 0.300 e. The van der Waals surface area contributed by atoms with Gasteiger partial charge in [0.05, 0.1) is 5.69 Å². The first kappa shape index (κ1) is 23.1. The molecule has 2 aliphatic heterocycles. The fraction of sp³-hybridized carbons (Fsp3) is 0.760. The van der Waals surface area contributed by atoms with Crippen molar-refractivity contribution in [2.45, 2.75) is 90.8 Å². The predicted octanol–water partition coefficient (Wildman–Crippen LogP) is 5.03. The molecule has 6 heteroatoms. The predicted molar refractivity (Wildman–Crippen MR) is 128 cm³/mol. The molecule has 0 radical (unpaired) electrons. The maximum atomic E-state index is 13.6. The molecule has 4 rings (SSSR count). The summed E-state index contributed by atoms with van der Waals surface area (Å²) in [6.45, 7) is 9.99. The van der Waals surface area contributed by atoms with Crippen LogP contribution in [0, 0.1) is 11.8 Å².